The van der Waals surface area contributed by atoms with Crippen LogP contribution in [0.5, 0.6) is 11.5 Å². The Bertz CT molecular complexity index is 1330. The minimum Gasteiger partial charge on any atom is -0.495 e. The average molecular weight is 471 g/mol. The highest BCUT2D eigenvalue weighted by Gasteiger charge is 2.33. The minimum atomic E-state index is -3.95. The van der Waals surface area contributed by atoms with E-state index in [0.29, 0.717) is 40.3 Å². The molecule has 1 aliphatic heterocycles. The van der Waals surface area contributed by atoms with Crippen molar-refractivity contribution >= 4 is 27.3 Å². The van der Waals surface area contributed by atoms with Crippen LogP contribution in [0.1, 0.15) is 36.0 Å². The number of rotatable bonds is 7. The number of methoxy groups -OCH3 is 1. The number of sulfonamides is 1. The Kier molecular flexibility index (Phi) is 5.20. The molecule has 33 heavy (non-hydrogen) atoms. The van der Waals surface area contributed by atoms with Gasteiger partial charge in [-0.15, -0.1) is 0 Å². The maximum atomic E-state index is 13.2. The first-order valence-corrected chi connectivity index (χ1v) is 11.9. The number of nitrogens with one attached hydrogen (secondary N) is 1. The Morgan fingerprint density at radius 1 is 1.24 bits per heavy atom. The van der Waals surface area contributed by atoms with Crippen molar-refractivity contribution < 1.29 is 27.2 Å². The van der Waals surface area contributed by atoms with Crippen molar-refractivity contribution in [3.05, 3.63) is 53.7 Å². The molecule has 0 bridgehead atoms. The maximum Gasteiger partial charge on any atom is 0.265 e. The van der Waals surface area contributed by atoms with E-state index >= 15 is 0 Å². The highest BCUT2D eigenvalue weighted by atomic mass is 32.2. The molecule has 11 heteroatoms. The number of carbonyl (C=O) groups is 1. The van der Waals surface area contributed by atoms with Crippen molar-refractivity contribution in [2.24, 2.45) is 0 Å². The molecular formula is C22H22N4O6S. The van der Waals surface area contributed by atoms with Crippen molar-refractivity contribution in [3.63, 3.8) is 0 Å². The van der Waals surface area contributed by atoms with E-state index in [1.807, 2.05) is 0 Å². The second-order valence-corrected chi connectivity index (χ2v) is 9.63. The lowest BCUT2D eigenvalue weighted by atomic mass is 10.1. The number of aryl methyl sites for hydroxylation is 1. The number of carbonyl (C=O) groups excluding carboxylic acids is 1. The molecule has 1 saturated carbocycles. The molecule has 2 aliphatic rings. The third kappa shape index (κ3) is 4.11. The van der Waals surface area contributed by atoms with Gasteiger partial charge in [0, 0.05) is 12.0 Å². The highest BCUT2D eigenvalue weighted by molar-refractivity contribution is 7.92. The Morgan fingerprint density at radius 2 is 2.03 bits per heavy atom. The lowest BCUT2D eigenvalue weighted by Gasteiger charge is -2.29. The number of aromatic nitrogens is 2. The van der Waals surface area contributed by atoms with Gasteiger partial charge >= 0.3 is 0 Å². The predicted molar refractivity (Wildman–Crippen MR) is 118 cm³/mol. The Hall–Kier alpha value is -3.60. The van der Waals surface area contributed by atoms with E-state index in [-0.39, 0.29) is 29.7 Å². The molecule has 0 unspecified atom stereocenters. The van der Waals surface area contributed by atoms with Gasteiger partial charge < -0.3 is 14.0 Å². The van der Waals surface area contributed by atoms with Crippen LogP contribution in [0.3, 0.4) is 0 Å². The molecule has 1 aliphatic carbocycles. The molecule has 0 spiro atoms. The zero-order valence-electron chi connectivity index (χ0n) is 18.1. The molecule has 1 N–H and O–H groups in total. The number of benzene rings is 2. The summed E-state index contributed by atoms with van der Waals surface area (Å²) in [5.74, 6) is 1.70. The van der Waals surface area contributed by atoms with E-state index in [2.05, 4.69) is 14.9 Å². The number of ether oxygens (including phenoxy) is 2. The van der Waals surface area contributed by atoms with Crippen LogP contribution in [0.15, 0.2) is 45.8 Å². The number of anilines is 2. The fourth-order valence-corrected chi connectivity index (χ4v) is 5.01. The number of hydrogen-bond acceptors (Lipinski definition) is 8. The summed E-state index contributed by atoms with van der Waals surface area (Å²) in [6.07, 6.45) is 2.06. The second-order valence-electron chi connectivity index (χ2n) is 7.98. The number of fused-ring (bicyclic) bond motifs is 1. The Labute approximate surface area is 190 Å². The van der Waals surface area contributed by atoms with Gasteiger partial charge in [0.15, 0.2) is 12.4 Å². The minimum absolute atomic E-state index is 0.0389. The van der Waals surface area contributed by atoms with Gasteiger partial charge in [-0.25, -0.2) is 8.42 Å². The molecule has 1 fully saturated rings. The monoisotopic (exact) mass is 470 g/mol. The first-order valence-electron chi connectivity index (χ1n) is 10.4. The Morgan fingerprint density at radius 3 is 2.79 bits per heavy atom. The molecule has 0 atom stereocenters. The maximum absolute atomic E-state index is 13.2. The Balaban J connectivity index is 1.45. The van der Waals surface area contributed by atoms with E-state index in [9.17, 15) is 13.2 Å². The summed E-state index contributed by atoms with van der Waals surface area (Å²) in [5, 5.41) is 3.98. The number of hydrogen-bond donors (Lipinski definition) is 1. The molecule has 10 nitrogen and oxygen atoms in total. The smallest absolute Gasteiger partial charge is 0.265 e. The standard InChI is InChI=1S/C22H22N4O6S/c1-13-9-16-18(10-19(13)33(28,29)25-15-5-3-4-6-17(15)30-2)31-12-21(27)26(16)11-20-23-22(32-24-20)14-7-8-14/h3-6,9-10,14,25H,7-8,11-12H2,1-2H3. The molecule has 2 aromatic carbocycles. The quantitative estimate of drug-likeness (QED) is 0.559. The zero-order valence-corrected chi connectivity index (χ0v) is 18.9. The summed E-state index contributed by atoms with van der Waals surface area (Å²) in [6.45, 7) is 1.55. The van der Waals surface area contributed by atoms with Gasteiger partial charge in [0.25, 0.3) is 15.9 Å². The highest BCUT2D eigenvalue weighted by Crippen LogP contribution is 2.40. The summed E-state index contributed by atoms with van der Waals surface area (Å²) in [5.41, 5.74) is 1.22. The SMILES string of the molecule is COc1ccccc1NS(=O)(=O)c1cc2c(cc1C)N(Cc1noc(C3CC3)n1)C(=O)CO2. The van der Waals surface area contributed by atoms with E-state index in [1.54, 1.807) is 37.3 Å². The normalized spacial score (nSPS) is 15.7. The fourth-order valence-electron chi connectivity index (χ4n) is 3.69. The van der Waals surface area contributed by atoms with Crippen LogP contribution in [0.25, 0.3) is 0 Å². The largest absolute Gasteiger partial charge is 0.495 e. The van der Waals surface area contributed by atoms with Gasteiger partial charge in [0.1, 0.15) is 11.5 Å². The lowest BCUT2D eigenvalue weighted by Crippen LogP contribution is -2.38. The molecule has 5 rings (SSSR count). The number of amides is 1. The van der Waals surface area contributed by atoms with Crippen molar-refractivity contribution in [3.8, 4) is 11.5 Å². The average Bonchev–Trinajstić information content (AvgIpc) is 3.54. The molecule has 3 aromatic rings. The number of nitrogens with zero attached hydrogens (tertiary/aromatic N) is 3. The van der Waals surface area contributed by atoms with Crippen LogP contribution in [0, 0.1) is 6.92 Å². The lowest BCUT2D eigenvalue weighted by molar-refractivity contribution is -0.121. The molecule has 0 radical (unpaired) electrons. The molecule has 2 heterocycles. The summed E-state index contributed by atoms with van der Waals surface area (Å²) < 4.78 is 45.0. The van der Waals surface area contributed by atoms with Gasteiger partial charge in [0.05, 0.1) is 29.9 Å². The predicted octanol–water partition coefficient (Wildman–Crippen LogP) is 2.99. The zero-order chi connectivity index (χ0) is 23.2. The molecule has 1 aromatic heterocycles. The van der Waals surface area contributed by atoms with Crippen LogP contribution in [-0.4, -0.2) is 38.2 Å². The van der Waals surface area contributed by atoms with E-state index in [0.717, 1.165) is 12.8 Å². The molecule has 1 amide bonds. The van der Waals surface area contributed by atoms with Crippen LogP contribution in [-0.2, 0) is 21.4 Å². The van der Waals surface area contributed by atoms with Crippen molar-refractivity contribution in [2.75, 3.05) is 23.3 Å². The number of para-hydroxylation sites is 2. The van der Waals surface area contributed by atoms with Crippen LogP contribution < -0.4 is 19.1 Å². The van der Waals surface area contributed by atoms with E-state index < -0.39 is 10.0 Å². The summed E-state index contributed by atoms with van der Waals surface area (Å²) in [7, 11) is -2.49. The molecular weight excluding hydrogens is 448 g/mol. The van der Waals surface area contributed by atoms with Crippen molar-refractivity contribution in [1.29, 1.82) is 0 Å². The second kappa shape index (κ2) is 8.07. The summed E-state index contributed by atoms with van der Waals surface area (Å²) >= 11 is 0. The van der Waals surface area contributed by atoms with Crippen molar-refractivity contribution in [2.45, 2.75) is 37.1 Å². The van der Waals surface area contributed by atoms with E-state index in [1.165, 1.54) is 18.1 Å². The van der Waals surface area contributed by atoms with Gasteiger partial charge in [-0.05, 0) is 43.5 Å². The van der Waals surface area contributed by atoms with Gasteiger partial charge in [0.2, 0.25) is 5.89 Å². The first kappa shape index (κ1) is 21.3. The fraction of sp³-hybridized carbons (Fsp3) is 0.318. The van der Waals surface area contributed by atoms with E-state index in [4.69, 9.17) is 14.0 Å². The first-order chi connectivity index (χ1) is 15.9. The van der Waals surface area contributed by atoms with Gasteiger partial charge in [-0.3, -0.25) is 14.4 Å². The van der Waals surface area contributed by atoms with Crippen LogP contribution >= 0.6 is 0 Å². The molecule has 172 valence electrons. The third-order valence-electron chi connectivity index (χ3n) is 5.55. The summed E-state index contributed by atoms with van der Waals surface area (Å²) in [4.78, 5) is 18.5. The third-order valence-corrected chi connectivity index (χ3v) is 7.06. The van der Waals surface area contributed by atoms with Crippen LogP contribution in [0.2, 0.25) is 0 Å². The van der Waals surface area contributed by atoms with Gasteiger partial charge in [-0.2, -0.15) is 4.98 Å². The summed E-state index contributed by atoms with van der Waals surface area (Å²) in [6, 6.07) is 9.77. The topological polar surface area (TPSA) is 124 Å². The van der Waals surface area contributed by atoms with Crippen LogP contribution in [0.4, 0.5) is 11.4 Å². The van der Waals surface area contributed by atoms with Crippen molar-refractivity contribution in [1.82, 2.24) is 10.1 Å². The molecule has 0 saturated heterocycles. The van der Waals surface area contributed by atoms with Gasteiger partial charge in [-0.1, -0.05) is 17.3 Å².